The Labute approximate surface area is 393 Å². The Morgan fingerprint density at radius 3 is 2.22 bits per heavy atom. The monoisotopic (exact) mass is 1030 g/mol. The molecule has 2 aromatic heterocycles. The Morgan fingerprint density at radius 1 is 0.910 bits per heavy atom. The number of carbonyl (C=O) groups is 3. The van der Waals surface area contributed by atoms with Crippen molar-refractivity contribution >= 4 is 69.1 Å². The van der Waals surface area contributed by atoms with E-state index in [1.54, 1.807) is 0 Å². The van der Waals surface area contributed by atoms with Gasteiger partial charge in [0.15, 0.2) is 22.8 Å². The van der Waals surface area contributed by atoms with Gasteiger partial charge in [-0.2, -0.15) is 4.31 Å². The van der Waals surface area contributed by atoms with Gasteiger partial charge in [-0.15, -0.1) is 0 Å². The fourth-order valence-corrected chi connectivity index (χ4v) is 10.0. The summed E-state index contributed by atoms with van der Waals surface area (Å²) in [5.74, 6) is -1.04. The number of anilines is 1. The first kappa shape index (κ1) is 58.4. The van der Waals surface area contributed by atoms with E-state index in [0.29, 0.717) is 12.2 Å². The van der Waals surface area contributed by atoms with Crippen LogP contribution in [0, 0.1) is 5.41 Å². The normalized spacial score (nSPS) is 20.3. The average molecular weight is 1030 g/mol. The molecule has 0 aliphatic carbocycles. The van der Waals surface area contributed by atoms with Crippen molar-refractivity contribution in [2.24, 2.45) is 5.41 Å². The number of nitrogens with two attached hydrogens (primary N) is 1. The molecule has 2 amide bonds. The van der Waals surface area contributed by atoms with Crippen molar-refractivity contribution < 1.29 is 80.5 Å². The molecule has 24 nitrogen and oxygen atoms in total. The molecule has 1 aliphatic rings. The number of unbranched alkanes of at least 4 members (excludes halogenated alkanes) is 9. The minimum Gasteiger partial charge on any atom is -0.386 e. The Morgan fingerprint density at radius 2 is 1.55 bits per heavy atom. The summed E-state index contributed by atoms with van der Waals surface area (Å²) in [4.78, 5) is 88.3. The highest BCUT2D eigenvalue weighted by atomic mass is 32.2. The summed E-state index contributed by atoms with van der Waals surface area (Å²) in [6.07, 6.45) is 14.6. The van der Waals surface area contributed by atoms with E-state index in [1.165, 1.54) is 39.5 Å². The highest BCUT2D eigenvalue weighted by Crippen LogP contribution is 2.61. The lowest BCUT2D eigenvalue weighted by molar-refractivity contribution is -0.137. The number of rotatable bonds is 33. The summed E-state index contributed by atoms with van der Waals surface area (Å²) in [7, 11) is -16.4. The van der Waals surface area contributed by atoms with Crippen LogP contribution in [0.5, 0.6) is 0 Å². The maximum Gasteiger partial charge on any atom is 0.481 e. The summed E-state index contributed by atoms with van der Waals surface area (Å²) in [5.41, 5.74) is 4.28. The number of thioether (sulfide) groups is 1. The van der Waals surface area contributed by atoms with E-state index >= 15 is 0 Å². The molecule has 10 N–H and O–H groups in total. The lowest BCUT2D eigenvalue weighted by Gasteiger charge is -2.30. The molecule has 0 saturated carbocycles. The number of hydrogen-bond acceptors (Lipinski definition) is 18. The number of imidazole rings is 1. The van der Waals surface area contributed by atoms with Gasteiger partial charge >= 0.3 is 23.5 Å². The lowest BCUT2D eigenvalue weighted by Crippen LogP contribution is -2.46. The fourth-order valence-electron chi connectivity index (χ4n) is 6.47. The summed E-state index contributed by atoms with van der Waals surface area (Å²) < 4.78 is 62.4. The third-order valence-corrected chi connectivity index (χ3v) is 14.2. The number of aliphatic hydroxyl groups excluding tert-OH is 2. The van der Waals surface area contributed by atoms with E-state index < -0.39 is 84.6 Å². The SMILES string of the molecule is CCCCCC/C=C/C=C/CCCCCCCC(=O)SCCNC(=O)CCNC(=O)C(O)C(C)(C)COP(=O)(O)OP(=O)(O)OCC1OC(n2cnc3c(N)ncnc32)C(O)C1OP(=O)(O)O. The Kier molecular flexibility index (Phi) is 24.9. The molecule has 1 saturated heterocycles. The number of hydrogen-bond donors (Lipinski definition) is 9. The quantitative estimate of drug-likeness (QED) is 0.0270. The average Bonchev–Trinajstić information content (AvgIpc) is 3.81. The van der Waals surface area contributed by atoms with Crippen LogP contribution >= 0.6 is 35.2 Å². The minimum atomic E-state index is -5.58. The third kappa shape index (κ3) is 21.7. The zero-order valence-corrected chi connectivity index (χ0v) is 41.4. The van der Waals surface area contributed by atoms with Gasteiger partial charge in [0.2, 0.25) is 11.8 Å². The van der Waals surface area contributed by atoms with Crippen LogP contribution in [0.1, 0.15) is 110 Å². The molecule has 1 fully saturated rings. The number of nitrogens with one attached hydrogen (secondary N) is 2. The van der Waals surface area contributed by atoms with E-state index in [1.807, 2.05) is 0 Å². The van der Waals surface area contributed by atoms with E-state index in [2.05, 4.69) is 65.6 Å². The summed E-state index contributed by atoms with van der Waals surface area (Å²) in [6.45, 7) is 2.76. The predicted octanol–water partition coefficient (Wildman–Crippen LogP) is 4.48. The number of phosphoric acid groups is 3. The number of aliphatic hydroxyl groups is 2. The van der Waals surface area contributed by atoms with Crippen molar-refractivity contribution in [2.75, 3.05) is 37.8 Å². The van der Waals surface area contributed by atoms with Crippen LogP contribution in [0.25, 0.3) is 11.2 Å². The second kappa shape index (κ2) is 28.6. The number of carbonyl (C=O) groups excluding carboxylic acids is 3. The van der Waals surface area contributed by atoms with Crippen molar-refractivity contribution in [3.05, 3.63) is 37.0 Å². The largest absolute Gasteiger partial charge is 0.481 e. The van der Waals surface area contributed by atoms with Crippen LogP contribution in [0.15, 0.2) is 37.0 Å². The standard InChI is InChI=1S/C39H66N7O17P3S/c1-4-5-6-7-8-9-10-11-12-13-14-15-16-17-18-19-30(48)67-23-22-41-29(47)20-21-42-37(51)34(50)39(2,3)25-60-66(57,58)63-65(55,56)59-24-28-33(62-64(52,53)54)32(49)38(61-28)46-27-45-31-35(40)43-26-44-36(31)46/h9-12,26-28,32-34,38,49-50H,4-8,13-25H2,1-3H3,(H,41,47)(H,42,51)(H,55,56)(H,57,58)(H2,40,43,44)(H2,52,53,54)/b10-9+,12-11+. The Balaban J connectivity index is 1.31. The van der Waals surface area contributed by atoms with Gasteiger partial charge in [-0.3, -0.25) is 32.5 Å². The number of aromatic nitrogens is 4. The van der Waals surface area contributed by atoms with E-state index in [0.717, 1.165) is 73.9 Å². The number of ether oxygens (including phenoxy) is 1. The van der Waals surface area contributed by atoms with Crippen LogP contribution in [0.2, 0.25) is 0 Å². The molecule has 28 heteroatoms. The van der Waals surface area contributed by atoms with Gasteiger partial charge in [-0.05, 0) is 32.1 Å². The zero-order valence-electron chi connectivity index (χ0n) is 37.9. The van der Waals surface area contributed by atoms with Gasteiger partial charge in [-0.1, -0.05) is 95.4 Å². The first-order valence-corrected chi connectivity index (χ1v) is 27.4. The van der Waals surface area contributed by atoms with Crippen LogP contribution in [0.4, 0.5) is 5.82 Å². The van der Waals surface area contributed by atoms with E-state index in [4.69, 9.17) is 19.5 Å². The zero-order chi connectivity index (χ0) is 49.7. The number of nitrogens with zero attached hydrogens (tertiary/aromatic N) is 4. The molecule has 380 valence electrons. The van der Waals surface area contributed by atoms with Crippen molar-refractivity contribution in [2.45, 2.75) is 135 Å². The lowest BCUT2D eigenvalue weighted by atomic mass is 9.87. The summed E-state index contributed by atoms with van der Waals surface area (Å²) >= 11 is 1.14. The van der Waals surface area contributed by atoms with Crippen LogP contribution in [0.3, 0.4) is 0 Å². The molecule has 3 heterocycles. The number of fused-ring (bicyclic) bond motifs is 1. The highest BCUT2D eigenvalue weighted by Gasteiger charge is 2.50. The molecule has 0 aromatic carbocycles. The third-order valence-electron chi connectivity index (χ3n) is 10.1. The van der Waals surface area contributed by atoms with Gasteiger partial charge < -0.3 is 50.9 Å². The second-order valence-electron chi connectivity index (χ2n) is 16.3. The van der Waals surface area contributed by atoms with Gasteiger partial charge in [0.05, 0.1) is 19.5 Å². The van der Waals surface area contributed by atoms with Crippen molar-refractivity contribution in [3.63, 3.8) is 0 Å². The second-order valence-corrected chi connectivity index (χ2v) is 21.7. The molecule has 0 bridgehead atoms. The maximum absolute atomic E-state index is 12.7. The van der Waals surface area contributed by atoms with Crippen LogP contribution < -0.4 is 16.4 Å². The smallest absolute Gasteiger partial charge is 0.386 e. The number of nitrogen functional groups attached to an aromatic ring is 1. The van der Waals surface area contributed by atoms with Crippen molar-refractivity contribution in [1.29, 1.82) is 0 Å². The molecule has 2 aromatic rings. The Hall–Kier alpha value is -2.96. The molecular weight excluding hydrogens is 963 g/mol. The molecule has 67 heavy (non-hydrogen) atoms. The topological polar surface area (TPSA) is 364 Å². The number of allylic oxidation sites excluding steroid dienone is 4. The molecule has 7 atom stereocenters. The maximum atomic E-state index is 12.7. The highest BCUT2D eigenvalue weighted by molar-refractivity contribution is 8.13. The van der Waals surface area contributed by atoms with Gasteiger partial charge in [0.1, 0.15) is 36.3 Å². The van der Waals surface area contributed by atoms with Crippen molar-refractivity contribution in [3.8, 4) is 0 Å². The van der Waals surface area contributed by atoms with Crippen LogP contribution in [-0.4, -0.2) is 123 Å². The van der Waals surface area contributed by atoms with Gasteiger partial charge in [-0.25, -0.2) is 28.6 Å². The molecular formula is C39H66N7O17P3S. The number of phosphoric ester groups is 3. The van der Waals surface area contributed by atoms with Gasteiger partial charge in [0, 0.05) is 37.1 Å². The molecule has 7 unspecified atom stereocenters. The molecule has 1 aliphatic heterocycles. The first-order valence-electron chi connectivity index (χ1n) is 21.9. The van der Waals surface area contributed by atoms with Gasteiger partial charge in [0.25, 0.3) is 0 Å². The molecule has 3 rings (SSSR count). The fraction of sp³-hybridized carbons (Fsp3) is 0.692. The minimum absolute atomic E-state index is 0.0322. The Bertz CT molecular complexity index is 2090. The summed E-state index contributed by atoms with van der Waals surface area (Å²) in [5, 5.41) is 26.6. The molecule has 0 spiro atoms. The van der Waals surface area contributed by atoms with Crippen LogP contribution in [-0.2, 0) is 50.7 Å². The summed E-state index contributed by atoms with van der Waals surface area (Å²) in [6, 6.07) is 0. The number of amides is 2. The van der Waals surface area contributed by atoms with Crippen molar-refractivity contribution in [1.82, 2.24) is 30.2 Å². The molecule has 0 radical (unpaired) electrons. The van der Waals surface area contributed by atoms with E-state index in [9.17, 15) is 57.9 Å². The predicted molar refractivity (Wildman–Crippen MR) is 246 cm³/mol. The van der Waals surface area contributed by atoms with E-state index in [-0.39, 0.29) is 41.6 Å². The first-order chi connectivity index (χ1) is 31.6.